The van der Waals surface area contributed by atoms with E-state index in [0.29, 0.717) is 24.9 Å². The molecule has 1 saturated carbocycles. The van der Waals surface area contributed by atoms with Crippen LogP contribution in [0.5, 0.6) is 0 Å². The van der Waals surface area contributed by atoms with Gasteiger partial charge >= 0.3 is 0 Å². The Morgan fingerprint density at radius 2 is 2.16 bits per heavy atom. The molecule has 0 aliphatic heterocycles. The summed E-state index contributed by atoms with van der Waals surface area (Å²) in [5.41, 5.74) is 0. The van der Waals surface area contributed by atoms with E-state index >= 15 is 0 Å². The van der Waals surface area contributed by atoms with Gasteiger partial charge in [-0.15, -0.1) is 0 Å². The van der Waals surface area contributed by atoms with E-state index in [1.54, 1.807) is 19.2 Å². The van der Waals surface area contributed by atoms with Crippen LogP contribution < -0.4 is 5.32 Å². The summed E-state index contributed by atoms with van der Waals surface area (Å²) in [5, 5.41) is 3.34. The highest BCUT2D eigenvalue weighted by Crippen LogP contribution is 2.21. The van der Waals surface area contributed by atoms with E-state index in [9.17, 15) is 8.42 Å². The van der Waals surface area contributed by atoms with Crippen molar-refractivity contribution in [2.45, 2.75) is 50.3 Å². The van der Waals surface area contributed by atoms with Crippen molar-refractivity contribution in [3.8, 4) is 0 Å². The molecule has 1 N–H and O–H groups in total. The van der Waals surface area contributed by atoms with Crippen LogP contribution in [0.4, 0.5) is 0 Å². The summed E-state index contributed by atoms with van der Waals surface area (Å²) in [7, 11) is -1.88. The van der Waals surface area contributed by atoms with Crippen LogP contribution in [0, 0.1) is 0 Å². The Kier molecular flexibility index (Phi) is 4.65. The largest absolute Gasteiger partial charge is 0.447 e. The van der Waals surface area contributed by atoms with Crippen LogP contribution in [0.25, 0.3) is 0 Å². The predicted molar refractivity (Wildman–Crippen MR) is 73.3 cm³/mol. The third-order valence-electron chi connectivity index (χ3n) is 3.27. The molecule has 2 rings (SSSR count). The van der Waals surface area contributed by atoms with Gasteiger partial charge in [-0.25, -0.2) is 8.42 Å². The lowest BCUT2D eigenvalue weighted by atomic mass is 10.3. The van der Waals surface area contributed by atoms with Gasteiger partial charge in [0, 0.05) is 19.6 Å². The fourth-order valence-corrected chi connectivity index (χ4v) is 2.91. The second kappa shape index (κ2) is 6.07. The molecule has 0 amide bonds. The number of nitrogens with one attached hydrogen (secondary N) is 1. The zero-order valence-electron chi connectivity index (χ0n) is 11.6. The molecule has 19 heavy (non-hydrogen) atoms. The van der Waals surface area contributed by atoms with Crippen LogP contribution >= 0.6 is 0 Å². The van der Waals surface area contributed by atoms with Crippen molar-refractivity contribution in [3.63, 3.8) is 0 Å². The summed E-state index contributed by atoms with van der Waals surface area (Å²) < 4.78 is 31.2. The van der Waals surface area contributed by atoms with Gasteiger partial charge in [0.1, 0.15) is 5.76 Å². The summed E-state index contributed by atoms with van der Waals surface area (Å²) in [6.45, 7) is 3.16. The maximum absolute atomic E-state index is 12.2. The normalized spacial score (nSPS) is 16.2. The first-order valence-electron chi connectivity index (χ1n) is 6.82. The van der Waals surface area contributed by atoms with Crippen LogP contribution in [0.1, 0.15) is 38.4 Å². The Labute approximate surface area is 115 Å². The monoisotopic (exact) mass is 286 g/mol. The van der Waals surface area contributed by atoms with E-state index in [0.717, 1.165) is 12.8 Å². The van der Waals surface area contributed by atoms with Gasteiger partial charge in [-0.3, -0.25) is 0 Å². The molecule has 1 aliphatic carbocycles. The van der Waals surface area contributed by atoms with Crippen LogP contribution in [0.15, 0.2) is 21.6 Å². The third kappa shape index (κ3) is 3.81. The Morgan fingerprint density at radius 1 is 1.42 bits per heavy atom. The minimum Gasteiger partial charge on any atom is -0.447 e. The topological polar surface area (TPSA) is 62.6 Å². The molecule has 1 aromatic heterocycles. The minimum absolute atomic E-state index is 0.0405. The molecule has 1 aliphatic rings. The lowest BCUT2D eigenvalue weighted by Crippen LogP contribution is -2.27. The molecule has 0 spiro atoms. The number of furan rings is 1. The van der Waals surface area contributed by atoms with Crippen LogP contribution in [-0.2, 0) is 16.6 Å². The smallest absolute Gasteiger partial charge is 0.276 e. The average molecular weight is 286 g/mol. The highest BCUT2D eigenvalue weighted by molar-refractivity contribution is 7.89. The molecular formula is C13H22N2O3S. The van der Waals surface area contributed by atoms with Crippen molar-refractivity contribution in [1.29, 1.82) is 0 Å². The molecule has 0 atom stereocenters. The molecule has 0 saturated heterocycles. The van der Waals surface area contributed by atoms with Gasteiger partial charge in [0.25, 0.3) is 10.0 Å². The van der Waals surface area contributed by atoms with E-state index in [1.165, 1.54) is 17.1 Å². The number of sulfonamides is 1. The van der Waals surface area contributed by atoms with Gasteiger partial charge in [0.15, 0.2) is 0 Å². The summed E-state index contributed by atoms with van der Waals surface area (Å²) in [4.78, 5) is 0. The van der Waals surface area contributed by atoms with Crippen molar-refractivity contribution in [2.24, 2.45) is 0 Å². The Hall–Kier alpha value is -0.850. The number of nitrogens with zero attached hydrogens (tertiary/aromatic N) is 1. The van der Waals surface area contributed by atoms with Crippen LogP contribution in [0.2, 0.25) is 0 Å². The molecule has 108 valence electrons. The number of hydrogen-bond acceptors (Lipinski definition) is 4. The zero-order chi connectivity index (χ0) is 13.9. The molecule has 0 aromatic carbocycles. The highest BCUT2D eigenvalue weighted by Gasteiger charge is 2.25. The van der Waals surface area contributed by atoms with E-state index in [1.807, 2.05) is 6.92 Å². The molecule has 0 bridgehead atoms. The third-order valence-corrected chi connectivity index (χ3v) is 5.00. The van der Waals surface area contributed by atoms with E-state index in [-0.39, 0.29) is 5.09 Å². The van der Waals surface area contributed by atoms with Gasteiger partial charge in [-0.05, 0) is 31.4 Å². The van der Waals surface area contributed by atoms with E-state index in [4.69, 9.17) is 4.42 Å². The van der Waals surface area contributed by atoms with Crippen molar-refractivity contribution >= 4 is 10.0 Å². The van der Waals surface area contributed by atoms with Gasteiger partial charge in [-0.2, -0.15) is 4.31 Å². The summed E-state index contributed by atoms with van der Waals surface area (Å²) in [6.07, 6.45) is 4.22. The average Bonchev–Trinajstić information content (AvgIpc) is 3.09. The fraction of sp³-hybridized carbons (Fsp3) is 0.692. The second-order valence-corrected chi connectivity index (χ2v) is 7.03. The first-order chi connectivity index (χ1) is 9.04. The summed E-state index contributed by atoms with van der Waals surface area (Å²) in [5.74, 6) is 0.675. The van der Waals surface area contributed by atoms with Gasteiger partial charge in [-0.1, -0.05) is 13.3 Å². The molecule has 1 heterocycles. The van der Waals surface area contributed by atoms with Crippen LogP contribution in [-0.4, -0.2) is 32.4 Å². The van der Waals surface area contributed by atoms with Crippen molar-refractivity contribution in [2.75, 3.05) is 13.6 Å². The highest BCUT2D eigenvalue weighted by atomic mass is 32.2. The standard InChI is InChI=1S/C13H22N2O3S/c1-3-4-9-15(2)19(16,17)13-8-7-12(18-13)10-14-11-5-6-11/h7-8,11,14H,3-6,9-10H2,1-2H3. The van der Waals surface area contributed by atoms with Crippen LogP contribution in [0.3, 0.4) is 0 Å². The second-order valence-electron chi connectivity index (χ2n) is 5.06. The minimum atomic E-state index is -3.47. The fourth-order valence-electron chi connectivity index (χ4n) is 1.78. The summed E-state index contributed by atoms with van der Waals surface area (Å²) in [6, 6.07) is 3.86. The lowest BCUT2D eigenvalue weighted by Gasteiger charge is -2.14. The quantitative estimate of drug-likeness (QED) is 0.793. The predicted octanol–water partition coefficient (Wildman–Crippen LogP) is 1.95. The SMILES string of the molecule is CCCCN(C)S(=O)(=O)c1ccc(CNC2CC2)o1. The number of unbranched alkanes of at least 4 members (excludes halogenated alkanes) is 1. The zero-order valence-corrected chi connectivity index (χ0v) is 12.4. The lowest BCUT2D eigenvalue weighted by molar-refractivity contribution is 0.378. The Morgan fingerprint density at radius 3 is 2.79 bits per heavy atom. The molecule has 5 nitrogen and oxygen atoms in total. The van der Waals surface area contributed by atoms with Gasteiger partial charge < -0.3 is 9.73 Å². The van der Waals surface area contributed by atoms with Crippen molar-refractivity contribution < 1.29 is 12.8 Å². The van der Waals surface area contributed by atoms with E-state index in [2.05, 4.69) is 5.32 Å². The molecule has 6 heteroatoms. The Balaban J connectivity index is 1.98. The number of rotatable bonds is 8. The number of hydrogen-bond donors (Lipinski definition) is 1. The Bertz CT molecular complexity index is 506. The molecule has 1 aromatic rings. The maximum Gasteiger partial charge on any atom is 0.276 e. The maximum atomic E-state index is 12.2. The first kappa shape index (κ1) is 14.6. The molecule has 0 unspecified atom stereocenters. The molecule has 0 radical (unpaired) electrons. The van der Waals surface area contributed by atoms with Gasteiger partial charge in [0.2, 0.25) is 5.09 Å². The van der Waals surface area contributed by atoms with Crippen molar-refractivity contribution in [1.82, 2.24) is 9.62 Å². The molecule has 1 fully saturated rings. The summed E-state index contributed by atoms with van der Waals surface area (Å²) >= 11 is 0. The van der Waals surface area contributed by atoms with Gasteiger partial charge in [0.05, 0.1) is 6.54 Å². The van der Waals surface area contributed by atoms with Crippen molar-refractivity contribution in [3.05, 3.63) is 17.9 Å². The molecular weight excluding hydrogens is 264 g/mol. The van der Waals surface area contributed by atoms with E-state index < -0.39 is 10.0 Å². The first-order valence-corrected chi connectivity index (χ1v) is 8.26.